The van der Waals surface area contributed by atoms with E-state index < -0.39 is 0 Å². The lowest BCUT2D eigenvalue weighted by molar-refractivity contribution is 0.674. The second-order valence-electron chi connectivity index (χ2n) is 3.47. The van der Waals surface area contributed by atoms with Gasteiger partial charge >= 0.3 is 0 Å². The van der Waals surface area contributed by atoms with Gasteiger partial charge < -0.3 is 0 Å². The van der Waals surface area contributed by atoms with Crippen LogP contribution in [0.2, 0.25) is 0 Å². The zero-order chi connectivity index (χ0) is 9.78. The molecule has 0 amide bonds. The molecule has 0 heterocycles. The molecule has 0 saturated carbocycles. The van der Waals surface area contributed by atoms with Crippen molar-refractivity contribution in [2.24, 2.45) is 0 Å². The van der Waals surface area contributed by atoms with Crippen LogP contribution in [0.1, 0.15) is 58.8 Å². The summed E-state index contributed by atoms with van der Waals surface area (Å²) in [5.41, 5.74) is 0. The Labute approximate surface area is 83.7 Å². The number of hydrogen-bond donors (Lipinski definition) is 0. The fourth-order valence-corrected chi connectivity index (χ4v) is 1.28. The van der Waals surface area contributed by atoms with Crippen molar-refractivity contribution in [1.82, 2.24) is 0 Å². The average Bonchev–Trinajstić information content (AvgIpc) is 2.16. The fraction of sp³-hybridized carbons (Fsp3) is 0.692. The summed E-state index contributed by atoms with van der Waals surface area (Å²) in [6.45, 7) is 4.33. The van der Waals surface area contributed by atoms with Crippen molar-refractivity contribution in [3.8, 4) is 0 Å². The predicted octanol–water partition coefficient (Wildman–Crippen LogP) is 4.87. The molecular weight excluding hydrogens is 156 g/mol. The summed E-state index contributed by atoms with van der Waals surface area (Å²) in [5.74, 6) is 0. The van der Waals surface area contributed by atoms with Crippen LogP contribution in [0.3, 0.4) is 0 Å². The minimum atomic E-state index is 1.20. The Morgan fingerprint density at radius 3 is 2.15 bits per heavy atom. The highest BCUT2D eigenvalue weighted by atomic mass is 13.9. The van der Waals surface area contributed by atoms with E-state index in [0.29, 0.717) is 0 Å². The number of unbranched alkanes of at least 4 members (excludes halogenated alkanes) is 5. The van der Waals surface area contributed by atoms with Crippen LogP contribution in [0.25, 0.3) is 0 Å². The van der Waals surface area contributed by atoms with Crippen molar-refractivity contribution in [3.05, 3.63) is 24.3 Å². The fourth-order valence-electron chi connectivity index (χ4n) is 1.28. The van der Waals surface area contributed by atoms with Gasteiger partial charge in [0.25, 0.3) is 0 Å². The van der Waals surface area contributed by atoms with Crippen molar-refractivity contribution < 1.29 is 0 Å². The third kappa shape index (κ3) is 11.5. The SMILES string of the molecule is C/C=C\CC/C=C\CCCCCC. The Morgan fingerprint density at radius 1 is 0.769 bits per heavy atom. The van der Waals surface area contributed by atoms with E-state index in [2.05, 4.69) is 38.2 Å². The number of hydrogen-bond acceptors (Lipinski definition) is 0. The highest BCUT2D eigenvalue weighted by Crippen LogP contribution is 2.03. The Balaban J connectivity index is 3.03. The predicted molar refractivity (Wildman–Crippen MR) is 61.9 cm³/mol. The summed E-state index contributed by atoms with van der Waals surface area (Å²) < 4.78 is 0. The highest BCUT2D eigenvalue weighted by Gasteiger charge is 1.83. The second-order valence-corrected chi connectivity index (χ2v) is 3.47. The van der Waals surface area contributed by atoms with Gasteiger partial charge in [0.1, 0.15) is 0 Å². The van der Waals surface area contributed by atoms with E-state index in [0.717, 1.165) is 0 Å². The highest BCUT2D eigenvalue weighted by molar-refractivity contribution is 4.86. The van der Waals surface area contributed by atoms with E-state index in [1.807, 2.05) is 0 Å². The van der Waals surface area contributed by atoms with Crippen LogP contribution in [-0.4, -0.2) is 0 Å². The van der Waals surface area contributed by atoms with E-state index in [4.69, 9.17) is 0 Å². The first-order chi connectivity index (χ1) is 6.41. The Morgan fingerprint density at radius 2 is 1.46 bits per heavy atom. The smallest absolute Gasteiger partial charge is 0.0316 e. The molecule has 0 aromatic carbocycles. The van der Waals surface area contributed by atoms with Crippen LogP contribution in [0, 0.1) is 0 Å². The molecule has 0 fully saturated rings. The van der Waals surface area contributed by atoms with Gasteiger partial charge in [-0.15, -0.1) is 0 Å². The third-order valence-corrected chi connectivity index (χ3v) is 2.13. The Kier molecular flexibility index (Phi) is 11.0. The van der Waals surface area contributed by atoms with Gasteiger partial charge in [0.2, 0.25) is 0 Å². The molecule has 0 radical (unpaired) electrons. The van der Waals surface area contributed by atoms with Crippen molar-refractivity contribution in [3.63, 3.8) is 0 Å². The van der Waals surface area contributed by atoms with E-state index in [9.17, 15) is 0 Å². The molecule has 0 unspecified atom stereocenters. The molecule has 13 heavy (non-hydrogen) atoms. The van der Waals surface area contributed by atoms with Crippen LogP contribution in [0.4, 0.5) is 0 Å². The van der Waals surface area contributed by atoms with Gasteiger partial charge in [0.15, 0.2) is 0 Å². The topological polar surface area (TPSA) is 0 Å². The first-order valence-corrected chi connectivity index (χ1v) is 5.68. The molecule has 0 rings (SSSR count). The van der Waals surface area contributed by atoms with Gasteiger partial charge in [-0.25, -0.2) is 0 Å². The molecule has 76 valence electrons. The monoisotopic (exact) mass is 180 g/mol. The van der Waals surface area contributed by atoms with Crippen LogP contribution in [0.5, 0.6) is 0 Å². The molecule has 0 N–H and O–H groups in total. The lowest BCUT2D eigenvalue weighted by Gasteiger charge is -1.93. The molecule has 0 aromatic rings. The minimum Gasteiger partial charge on any atom is -0.0917 e. The van der Waals surface area contributed by atoms with E-state index in [1.54, 1.807) is 0 Å². The van der Waals surface area contributed by atoms with E-state index in [-0.39, 0.29) is 0 Å². The molecule has 0 spiro atoms. The molecule has 0 heteroatoms. The molecule has 0 aromatic heterocycles. The minimum absolute atomic E-state index is 1.20. The molecule has 0 nitrogen and oxygen atoms in total. The van der Waals surface area contributed by atoms with Crippen LogP contribution in [-0.2, 0) is 0 Å². The Hall–Kier alpha value is -0.520. The van der Waals surface area contributed by atoms with Gasteiger partial charge in [-0.3, -0.25) is 0 Å². The average molecular weight is 180 g/mol. The second kappa shape index (κ2) is 11.5. The zero-order valence-electron chi connectivity index (χ0n) is 9.26. The summed E-state index contributed by atoms with van der Waals surface area (Å²) in [4.78, 5) is 0. The summed E-state index contributed by atoms with van der Waals surface area (Å²) in [6, 6.07) is 0. The largest absolute Gasteiger partial charge is 0.0917 e. The third-order valence-electron chi connectivity index (χ3n) is 2.13. The van der Waals surface area contributed by atoms with E-state index >= 15 is 0 Å². The molecule has 0 bridgehead atoms. The maximum absolute atomic E-state index is 2.33. The first-order valence-electron chi connectivity index (χ1n) is 5.68. The Bertz CT molecular complexity index is 131. The molecule has 0 saturated heterocycles. The van der Waals surface area contributed by atoms with Crippen LogP contribution < -0.4 is 0 Å². The van der Waals surface area contributed by atoms with E-state index in [1.165, 1.54) is 44.9 Å². The zero-order valence-corrected chi connectivity index (χ0v) is 9.26. The summed E-state index contributed by atoms with van der Waals surface area (Å²) in [6.07, 6.45) is 18.2. The van der Waals surface area contributed by atoms with Crippen molar-refractivity contribution in [2.75, 3.05) is 0 Å². The van der Waals surface area contributed by atoms with Gasteiger partial charge in [-0.2, -0.15) is 0 Å². The quantitative estimate of drug-likeness (QED) is 0.369. The standard InChI is InChI=1S/C13H24/c1-3-5-7-9-11-13-12-10-8-6-4-2/h3,5,11,13H,4,6-10,12H2,1-2H3/b5-3-,13-11-. The molecule has 0 aliphatic carbocycles. The van der Waals surface area contributed by atoms with Crippen LogP contribution >= 0.6 is 0 Å². The first kappa shape index (κ1) is 12.5. The summed E-state index contributed by atoms with van der Waals surface area (Å²) in [7, 11) is 0. The maximum Gasteiger partial charge on any atom is -0.0316 e. The van der Waals surface area contributed by atoms with Gasteiger partial charge in [0.05, 0.1) is 0 Å². The normalized spacial score (nSPS) is 11.8. The molecule has 0 aliphatic heterocycles. The lowest BCUT2D eigenvalue weighted by atomic mass is 10.1. The maximum atomic E-state index is 2.33. The van der Waals surface area contributed by atoms with Crippen LogP contribution in [0.15, 0.2) is 24.3 Å². The molecular formula is C13H24. The van der Waals surface area contributed by atoms with Gasteiger partial charge in [0, 0.05) is 0 Å². The molecule has 0 aliphatic rings. The summed E-state index contributed by atoms with van der Waals surface area (Å²) >= 11 is 0. The van der Waals surface area contributed by atoms with Gasteiger partial charge in [-0.05, 0) is 32.6 Å². The van der Waals surface area contributed by atoms with Crippen molar-refractivity contribution >= 4 is 0 Å². The number of allylic oxidation sites excluding steroid dienone is 4. The van der Waals surface area contributed by atoms with Crippen molar-refractivity contribution in [2.45, 2.75) is 58.8 Å². The summed E-state index contributed by atoms with van der Waals surface area (Å²) in [5, 5.41) is 0. The molecule has 0 atom stereocenters. The lowest BCUT2D eigenvalue weighted by Crippen LogP contribution is -1.73. The van der Waals surface area contributed by atoms with Crippen molar-refractivity contribution in [1.29, 1.82) is 0 Å². The van der Waals surface area contributed by atoms with Gasteiger partial charge in [-0.1, -0.05) is 50.5 Å². The number of rotatable bonds is 8.